The van der Waals surface area contributed by atoms with E-state index in [-0.39, 0.29) is 17.7 Å². The van der Waals surface area contributed by atoms with Crippen LogP contribution in [0.1, 0.15) is 39.8 Å². The van der Waals surface area contributed by atoms with Crippen LogP contribution in [0.2, 0.25) is 0 Å². The average Bonchev–Trinajstić information content (AvgIpc) is 2.80. The van der Waals surface area contributed by atoms with Gasteiger partial charge in [0.05, 0.1) is 11.5 Å². The van der Waals surface area contributed by atoms with E-state index in [1.54, 1.807) is 6.92 Å². The lowest BCUT2D eigenvalue weighted by Gasteiger charge is -2.21. The van der Waals surface area contributed by atoms with Crippen molar-refractivity contribution < 1.29 is 24.6 Å². The molecule has 1 aromatic heterocycles. The number of carboxylic acid groups (broad SMARTS) is 2. The number of aromatic nitrogens is 1. The molecule has 0 unspecified atom stereocenters. The molecular formula is C25H24N2O5. The molecule has 0 saturated heterocycles. The van der Waals surface area contributed by atoms with Crippen molar-refractivity contribution in [3.63, 3.8) is 0 Å². The minimum absolute atomic E-state index is 0.0175. The molecule has 0 aliphatic heterocycles. The largest absolute Gasteiger partial charge is 0.481 e. The van der Waals surface area contributed by atoms with Gasteiger partial charge in [-0.1, -0.05) is 61.5 Å². The lowest BCUT2D eigenvalue weighted by Crippen LogP contribution is -2.39. The number of carboxylic acids is 2. The summed E-state index contributed by atoms with van der Waals surface area (Å²) in [5, 5.41) is 21.1. The Hall–Kier alpha value is -4.00. The minimum Gasteiger partial charge on any atom is -0.481 e. The highest BCUT2D eigenvalue weighted by Gasteiger charge is 2.22. The van der Waals surface area contributed by atoms with Crippen molar-refractivity contribution in [2.45, 2.75) is 25.8 Å². The van der Waals surface area contributed by atoms with Crippen molar-refractivity contribution in [3.05, 3.63) is 89.7 Å². The van der Waals surface area contributed by atoms with Crippen LogP contribution in [0, 0.1) is 5.92 Å². The van der Waals surface area contributed by atoms with Crippen LogP contribution in [0.25, 0.3) is 11.1 Å². The molecule has 3 rings (SSSR count). The van der Waals surface area contributed by atoms with E-state index in [2.05, 4.69) is 10.3 Å². The Morgan fingerprint density at radius 2 is 1.56 bits per heavy atom. The second kappa shape index (κ2) is 10.3. The third-order valence-corrected chi connectivity index (χ3v) is 5.18. The van der Waals surface area contributed by atoms with Crippen LogP contribution in [0.15, 0.2) is 72.9 Å². The van der Waals surface area contributed by atoms with Gasteiger partial charge < -0.3 is 15.5 Å². The normalized spacial score (nSPS) is 12.5. The Kier molecular flexibility index (Phi) is 7.33. The monoisotopic (exact) mass is 432 g/mol. The molecule has 3 N–H and O–H groups in total. The van der Waals surface area contributed by atoms with Gasteiger partial charge in [0, 0.05) is 12.2 Å². The fourth-order valence-electron chi connectivity index (χ4n) is 3.38. The quantitative estimate of drug-likeness (QED) is 0.472. The Morgan fingerprint density at radius 1 is 0.906 bits per heavy atom. The van der Waals surface area contributed by atoms with E-state index >= 15 is 0 Å². The van der Waals surface area contributed by atoms with Crippen LogP contribution < -0.4 is 5.32 Å². The van der Waals surface area contributed by atoms with E-state index < -0.39 is 29.8 Å². The van der Waals surface area contributed by atoms with Gasteiger partial charge >= 0.3 is 11.9 Å². The first kappa shape index (κ1) is 22.7. The number of carbonyl (C=O) groups excluding carboxylic acids is 1. The van der Waals surface area contributed by atoms with Crippen LogP contribution in [0.4, 0.5) is 0 Å². The van der Waals surface area contributed by atoms with Crippen molar-refractivity contribution in [2.75, 3.05) is 0 Å². The van der Waals surface area contributed by atoms with E-state index in [9.17, 15) is 19.5 Å². The summed E-state index contributed by atoms with van der Waals surface area (Å²) in [6.45, 7) is 1.60. The van der Waals surface area contributed by atoms with E-state index in [0.717, 1.165) is 22.9 Å². The van der Waals surface area contributed by atoms with Gasteiger partial charge in [0.2, 0.25) is 0 Å². The van der Waals surface area contributed by atoms with Crippen LogP contribution in [-0.4, -0.2) is 39.1 Å². The summed E-state index contributed by atoms with van der Waals surface area (Å²) in [4.78, 5) is 38.9. The summed E-state index contributed by atoms with van der Waals surface area (Å²) < 4.78 is 0. The lowest BCUT2D eigenvalue weighted by atomic mass is 9.95. The maximum atomic E-state index is 12.6. The Morgan fingerprint density at radius 3 is 2.12 bits per heavy atom. The number of pyridine rings is 1. The summed E-state index contributed by atoms with van der Waals surface area (Å²) in [5.74, 6) is -3.19. The number of carbonyl (C=O) groups is 3. The summed E-state index contributed by atoms with van der Waals surface area (Å²) in [6, 6.07) is 20.1. The smallest absolute Gasteiger partial charge is 0.337 e. The predicted molar refractivity (Wildman–Crippen MR) is 119 cm³/mol. The summed E-state index contributed by atoms with van der Waals surface area (Å²) in [6.07, 6.45) is 1.81. The molecule has 2 atom stereocenters. The van der Waals surface area contributed by atoms with E-state index in [4.69, 9.17) is 5.11 Å². The summed E-state index contributed by atoms with van der Waals surface area (Å²) in [5.41, 5.74) is 3.18. The zero-order valence-electron chi connectivity index (χ0n) is 17.6. The van der Waals surface area contributed by atoms with Crippen molar-refractivity contribution in [1.29, 1.82) is 0 Å². The highest BCUT2D eigenvalue weighted by molar-refractivity contribution is 5.94. The van der Waals surface area contributed by atoms with Crippen molar-refractivity contribution in [3.8, 4) is 11.1 Å². The van der Waals surface area contributed by atoms with Crippen LogP contribution in [0.3, 0.4) is 0 Å². The molecule has 3 aromatic rings. The maximum Gasteiger partial charge on any atom is 0.337 e. The van der Waals surface area contributed by atoms with E-state index in [1.165, 1.54) is 12.1 Å². The highest BCUT2D eigenvalue weighted by Crippen LogP contribution is 2.21. The highest BCUT2D eigenvalue weighted by atomic mass is 16.4. The topological polar surface area (TPSA) is 117 Å². The van der Waals surface area contributed by atoms with Crippen LogP contribution >= 0.6 is 0 Å². The van der Waals surface area contributed by atoms with Crippen LogP contribution in [-0.2, 0) is 11.2 Å². The molecule has 0 bridgehead atoms. The van der Waals surface area contributed by atoms with Crippen molar-refractivity contribution in [2.24, 2.45) is 5.92 Å². The molecule has 1 heterocycles. The van der Waals surface area contributed by atoms with E-state index in [0.29, 0.717) is 6.42 Å². The van der Waals surface area contributed by atoms with Gasteiger partial charge in [-0.25, -0.2) is 4.79 Å². The molecule has 0 aliphatic rings. The zero-order chi connectivity index (χ0) is 23.1. The number of amides is 1. The fraction of sp³-hybridized carbons (Fsp3) is 0.200. The van der Waals surface area contributed by atoms with Gasteiger partial charge in [-0.2, -0.15) is 0 Å². The molecule has 0 saturated carbocycles. The minimum atomic E-state index is -1.13. The first-order valence-corrected chi connectivity index (χ1v) is 10.2. The fourth-order valence-corrected chi connectivity index (χ4v) is 3.38. The molecule has 7 heteroatoms. The number of aromatic carboxylic acids is 1. The molecule has 0 fully saturated rings. The number of nitrogens with zero attached hydrogens (tertiary/aromatic N) is 1. The second-order valence-corrected chi connectivity index (χ2v) is 7.65. The Balaban J connectivity index is 1.74. The first-order chi connectivity index (χ1) is 15.3. The molecule has 1 amide bonds. The number of rotatable bonds is 9. The third-order valence-electron chi connectivity index (χ3n) is 5.18. The second-order valence-electron chi connectivity index (χ2n) is 7.65. The molecule has 32 heavy (non-hydrogen) atoms. The Labute approximate surface area is 185 Å². The van der Waals surface area contributed by atoms with Gasteiger partial charge in [-0.05, 0) is 41.7 Å². The number of hydrogen-bond donors (Lipinski definition) is 3. The molecule has 164 valence electrons. The first-order valence-electron chi connectivity index (χ1n) is 10.2. The number of hydrogen-bond acceptors (Lipinski definition) is 4. The SMILES string of the molecule is C[C@H](C[C@@H](Cc1ccc(-c2ccccc2)cc1)NC(=O)c1ccc(C(=O)O)cn1)C(=O)O. The Bertz CT molecular complexity index is 1080. The van der Waals surface area contributed by atoms with Gasteiger partial charge in [-0.3, -0.25) is 14.6 Å². The number of aliphatic carboxylic acids is 1. The van der Waals surface area contributed by atoms with Gasteiger partial charge in [0.15, 0.2) is 0 Å². The van der Waals surface area contributed by atoms with Gasteiger partial charge in [-0.15, -0.1) is 0 Å². The predicted octanol–water partition coefficient (Wildman–Crippen LogP) is 3.90. The molecule has 0 aliphatic carbocycles. The molecule has 7 nitrogen and oxygen atoms in total. The zero-order valence-corrected chi connectivity index (χ0v) is 17.6. The van der Waals surface area contributed by atoms with Crippen molar-refractivity contribution >= 4 is 17.8 Å². The summed E-state index contributed by atoms with van der Waals surface area (Å²) >= 11 is 0. The van der Waals surface area contributed by atoms with Gasteiger partial charge in [0.1, 0.15) is 5.69 Å². The van der Waals surface area contributed by atoms with Crippen LogP contribution in [0.5, 0.6) is 0 Å². The standard InChI is InChI=1S/C25H24N2O5/c1-16(24(29)30)13-21(27-23(28)22-12-11-20(15-26-22)25(31)32)14-17-7-9-19(10-8-17)18-5-3-2-4-6-18/h2-12,15-16,21H,13-14H2,1H3,(H,27,28)(H,29,30)(H,31,32)/t16-,21+/m1/s1. The number of nitrogens with one attached hydrogen (secondary N) is 1. The van der Waals surface area contributed by atoms with Gasteiger partial charge in [0.25, 0.3) is 5.91 Å². The molecule has 0 spiro atoms. The molecule has 2 aromatic carbocycles. The molecule has 0 radical (unpaired) electrons. The maximum absolute atomic E-state index is 12.6. The number of benzene rings is 2. The third kappa shape index (κ3) is 6.01. The average molecular weight is 432 g/mol. The summed E-state index contributed by atoms with van der Waals surface area (Å²) in [7, 11) is 0. The lowest BCUT2D eigenvalue weighted by molar-refractivity contribution is -0.141. The molecular weight excluding hydrogens is 408 g/mol. The van der Waals surface area contributed by atoms with Crippen molar-refractivity contribution in [1.82, 2.24) is 10.3 Å². The van der Waals surface area contributed by atoms with E-state index in [1.807, 2.05) is 54.6 Å².